The molecule has 98 valence electrons. The van der Waals surface area contributed by atoms with Gasteiger partial charge in [0, 0.05) is 32.8 Å². The zero-order valence-electron chi connectivity index (χ0n) is 10.8. The minimum absolute atomic E-state index is 0.137. The molecule has 17 heavy (non-hydrogen) atoms. The van der Waals surface area contributed by atoms with Crippen LogP contribution in [0.4, 0.5) is 0 Å². The van der Waals surface area contributed by atoms with E-state index in [1.165, 1.54) is 0 Å². The molecule has 3 unspecified atom stereocenters. The molecule has 0 aliphatic carbocycles. The van der Waals surface area contributed by atoms with Crippen molar-refractivity contribution in [3.05, 3.63) is 0 Å². The molecule has 0 aromatic rings. The summed E-state index contributed by atoms with van der Waals surface area (Å²) in [6.07, 6.45) is 0.740. The molecule has 0 aromatic carbocycles. The lowest BCUT2D eigenvalue weighted by Gasteiger charge is -2.40. The molecule has 2 rings (SSSR count). The highest BCUT2D eigenvalue weighted by Gasteiger charge is 2.37. The smallest absolute Gasteiger partial charge is 0.252 e. The van der Waals surface area contributed by atoms with E-state index in [9.17, 15) is 4.79 Å². The summed E-state index contributed by atoms with van der Waals surface area (Å²) < 4.78 is 5.55. The van der Waals surface area contributed by atoms with Gasteiger partial charge in [-0.05, 0) is 19.4 Å². The Labute approximate surface area is 103 Å². The minimum Gasteiger partial charge on any atom is -0.368 e. The molecule has 2 aliphatic rings. The van der Waals surface area contributed by atoms with E-state index in [1.54, 1.807) is 0 Å². The van der Waals surface area contributed by atoms with Crippen molar-refractivity contribution in [1.29, 1.82) is 0 Å². The number of rotatable bonds is 2. The van der Waals surface area contributed by atoms with Crippen LogP contribution in [-0.2, 0) is 9.53 Å². The highest BCUT2D eigenvalue weighted by Crippen LogP contribution is 2.23. The third-order valence-electron chi connectivity index (χ3n) is 3.87. The first-order chi connectivity index (χ1) is 8.13. The summed E-state index contributed by atoms with van der Waals surface area (Å²) in [5.41, 5.74) is 5.77. The number of piperazine rings is 1. The zero-order chi connectivity index (χ0) is 12.4. The molecule has 1 amide bonds. The number of hydrogen-bond acceptors (Lipinski definition) is 4. The van der Waals surface area contributed by atoms with Crippen molar-refractivity contribution in [1.82, 2.24) is 9.80 Å². The molecule has 2 saturated heterocycles. The Balaban J connectivity index is 2.02. The fraction of sp³-hybridized carbons (Fsp3) is 0.917. The van der Waals surface area contributed by atoms with Crippen LogP contribution in [-0.4, -0.2) is 67.7 Å². The van der Waals surface area contributed by atoms with Gasteiger partial charge in [-0.1, -0.05) is 6.92 Å². The number of nitrogens with two attached hydrogens (primary N) is 1. The Morgan fingerprint density at radius 1 is 1.47 bits per heavy atom. The van der Waals surface area contributed by atoms with Crippen molar-refractivity contribution < 1.29 is 9.53 Å². The van der Waals surface area contributed by atoms with Crippen molar-refractivity contribution in [2.45, 2.75) is 25.5 Å². The third-order valence-corrected chi connectivity index (χ3v) is 3.87. The van der Waals surface area contributed by atoms with E-state index >= 15 is 0 Å². The van der Waals surface area contributed by atoms with Crippen LogP contribution < -0.4 is 5.73 Å². The van der Waals surface area contributed by atoms with E-state index in [-0.39, 0.29) is 18.1 Å². The fourth-order valence-electron chi connectivity index (χ4n) is 2.68. The van der Waals surface area contributed by atoms with Gasteiger partial charge in [-0.25, -0.2) is 0 Å². The monoisotopic (exact) mass is 241 g/mol. The maximum Gasteiger partial charge on any atom is 0.252 e. The van der Waals surface area contributed by atoms with E-state index in [0.717, 1.165) is 26.1 Å². The zero-order valence-corrected chi connectivity index (χ0v) is 10.8. The maximum absolute atomic E-state index is 12.4. The van der Waals surface area contributed by atoms with Gasteiger partial charge in [-0.2, -0.15) is 0 Å². The molecular weight excluding hydrogens is 218 g/mol. The molecule has 2 N–H and O–H groups in total. The molecule has 3 atom stereocenters. The van der Waals surface area contributed by atoms with Gasteiger partial charge < -0.3 is 20.3 Å². The fourth-order valence-corrected chi connectivity index (χ4v) is 2.68. The predicted octanol–water partition coefficient (Wildman–Crippen LogP) is -0.487. The van der Waals surface area contributed by atoms with Crippen molar-refractivity contribution in [2.75, 3.05) is 39.8 Å². The molecule has 0 aromatic heterocycles. The molecule has 2 fully saturated rings. The number of hydrogen-bond donors (Lipinski definition) is 1. The second-order valence-corrected chi connectivity index (χ2v) is 5.24. The average Bonchev–Trinajstić information content (AvgIpc) is 2.74. The van der Waals surface area contributed by atoms with E-state index in [0.29, 0.717) is 19.1 Å². The summed E-state index contributed by atoms with van der Waals surface area (Å²) in [4.78, 5) is 16.6. The second kappa shape index (κ2) is 5.33. The first-order valence-electron chi connectivity index (χ1n) is 6.44. The van der Waals surface area contributed by atoms with Crippen LogP contribution >= 0.6 is 0 Å². The maximum atomic E-state index is 12.4. The average molecular weight is 241 g/mol. The van der Waals surface area contributed by atoms with Crippen LogP contribution in [0.2, 0.25) is 0 Å². The Kier molecular flexibility index (Phi) is 4.01. The highest BCUT2D eigenvalue weighted by atomic mass is 16.5. The van der Waals surface area contributed by atoms with E-state index < -0.39 is 0 Å². The topological polar surface area (TPSA) is 58.8 Å². The number of carbonyl (C=O) groups is 1. The number of carbonyl (C=O) groups excluding carboxylic acids is 1. The lowest BCUT2D eigenvalue weighted by molar-refractivity contribution is -0.147. The van der Waals surface area contributed by atoms with Crippen LogP contribution in [0.3, 0.4) is 0 Å². The van der Waals surface area contributed by atoms with Gasteiger partial charge in [-0.15, -0.1) is 0 Å². The van der Waals surface area contributed by atoms with Crippen LogP contribution in [0.1, 0.15) is 13.3 Å². The number of nitrogens with zero attached hydrogens (tertiary/aromatic N) is 2. The lowest BCUT2D eigenvalue weighted by Crippen LogP contribution is -2.59. The molecule has 0 spiro atoms. The SMILES string of the molecule is CC1CCOC1C(=O)N1CCN(C)CC1CN. The van der Waals surface area contributed by atoms with E-state index in [1.807, 2.05) is 4.90 Å². The number of ether oxygens (including phenoxy) is 1. The molecule has 0 bridgehead atoms. The van der Waals surface area contributed by atoms with Crippen LogP contribution in [0.25, 0.3) is 0 Å². The largest absolute Gasteiger partial charge is 0.368 e. The van der Waals surface area contributed by atoms with Gasteiger partial charge in [0.1, 0.15) is 6.10 Å². The Bertz CT molecular complexity index is 285. The lowest BCUT2D eigenvalue weighted by atomic mass is 10.0. The van der Waals surface area contributed by atoms with Crippen molar-refractivity contribution >= 4 is 5.91 Å². The van der Waals surface area contributed by atoms with Crippen molar-refractivity contribution in [2.24, 2.45) is 11.7 Å². The highest BCUT2D eigenvalue weighted by molar-refractivity contribution is 5.82. The second-order valence-electron chi connectivity index (χ2n) is 5.24. The molecule has 0 radical (unpaired) electrons. The van der Waals surface area contributed by atoms with Crippen molar-refractivity contribution in [3.8, 4) is 0 Å². The molecule has 0 saturated carbocycles. The van der Waals surface area contributed by atoms with E-state index in [2.05, 4.69) is 18.9 Å². The summed E-state index contributed by atoms with van der Waals surface area (Å²) in [7, 11) is 2.07. The quantitative estimate of drug-likeness (QED) is 0.709. The first kappa shape index (κ1) is 12.8. The molecule has 5 heteroatoms. The number of likely N-dealkylation sites (N-methyl/N-ethyl adjacent to an activating group) is 1. The van der Waals surface area contributed by atoms with Crippen LogP contribution in [0, 0.1) is 5.92 Å². The Hall–Kier alpha value is -0.650. The van der Waals surface area contributed by atoms with Gasteiger partial charge in [0.2, 0.25) is 0 Å². The summed E-state index contributed by atoms with van der Waals surface area (Å²) >= 11 is 0. The minimum atomic E-state index is -0.243. The molecular formula is C12H23N3O2. The standard InChI is InChI=1S/C12H23N3O2/c1-9-3-6-17-11(9)12(16)15-5-4-14(2)8-10(15)7-13/h9-11H,3-8,13H2,1-2H3. The van der Waals surface area contributed by atoms with Gasteiger partial charge in [0.25, 0.3) is 5.91 Å². The molecule has 2 aliphatic heterocycles. The summed E-state index contributed by atoms with van der Waals surface area (Å²) in [6.45, 7) is 5.87. The Morgan fingerprint density at radius 2 is 2.24 bits per heavy atom. The molecule has 5 nitrogen and oxygen atoms in total. The summed E-state index contributed by atoms with van der Waals surface area (Å²) in [6, 6.07) is 0.137. The normalized spacial score (nSPS) is 35.2. The number of amides is 1. The van der Waals surface area contributed by atoms with E-state index in [4.69, 9.17) is 10.5 Å². The van der Waals surface area contributed by atoms with Gasteiger partial charge in [0.15, 0.2) is 0 Å². The summed E-state index contributed by atoms with van der Waals surface area (Å²) in [5, 5.41) is 0. The molecule has 2 heterocycles. The third kappa shape index (κ3) is 2.61. The first-order valence-corrected chi connectivity index (χ1v) is 6.44. The summed E-state index contributed by atoms with van der Waals surface area (Å²) in [5.74, 6) is 0.471. The Morgan fingerprint density at radius 3 is 2.82 bits per heavy atom. The van der Waals surface area contributed by atoms with Gasteiger partial charge in [0.05, 0.1) is 6.04 Å². The predicted molar refractivity (Wildman–Crippen MR) is 65.6 cm³/mol. The van der Waals surface area contributed by atoms with Crippen LogP contribution in [0.5, 0.6) is 0 Å². The van der Waals surface area contributed by atoms with Gasteiger partial charge in [-0.3, -0.25) is 4.79 Å². The van der Waals surface area contributed by atoms with Gasteiger partial charge >= 0.3 is 0 Å². The van der Waals surface area contributed by atoms with Crippen LogP contribution in [0.15, 0.2) is 0 Å². The van der Waals surface area contributed by atoms with Crippen molar-refractivity contribution in [3.63, 3.8) is 0 Å².